The molecule has 0 bridgehead atoms. The van der Waals surface area contributed by atoms with Gasteiger partial charge in [0.2, 0.25) is 0 Å². The number of nitrogens with one attached hydrogen (secondary N) is 6. The van der Waals surface area contributed by atoms with Gasteiger partial charge in [0.1, 0.15) is 5.69 Å². The maximum atomic E-state index is 13.0. The first-order valence-corrected chi connectivity index (χ1v) is 30.2. The molecule has 87 heavy (non-hydrogen) atoms. The van der Waals surface area contributed by atoms with Crippen molar-refractivity contribution in [1.82, 2.24) is 44.9 Å². The van der Waals surface area contributed by atoms with Crippen molar-refractivity contribution in [3.63, 3.8) is 0 Å². The van der Waals surface area contributed by atoms with Gasteiger partial charge in [0.05, 0.1) is 10.7 Å². The Morgan fingerprint density at radius 2 is 0.839 bits per heavy atom. The highest BCUT2D eigenvalue weighted by molar-refractivity contribution is 6.31. The standard InChI is InChI=1S/C23H22F3N3O2.C23H25N3O2.C22H22ClN3O2/c24-23(25,26)19-8-4-7-17(27-19)13-18-20(28-22(31)29-21(18)30)16-11-9-15(10-12-16)14-5-2-1-3-6-14;1-15-13-16(11-12-24-15)14-20-21(25-23(28)26-22(20)27)19-9-7-18(8-10-19)17-5-3-2-4-6-17;23-18-7-4-12-24-19(18)13-17-20(25-22(28)26-21(17)27)16-10-8-15(9-11-16)14-5-2-1-3-6-14/h1-8,15-16H,9-13H2,(H2,28,29,30,31);2-6,11-13,18-19H,7-10,14H2,1H3,(H2,25,26,27,28);1-7,12,15-16H,8-11,13H2,(H2,25,26,27,28). The van der Waals surface area contributed by atoms with Gasteiger partial charge in [-0.05, 0) is 178 Å². The molecule has 0 unspecified atom stereocenters. The molecule has 6 heterocycles. The predicted molar refractivity (Wildman–Crippen MR) is 330 cm³/mol. The van der Waals surface area contributed by atoms with E-state index in [0.29, 0.717) is 58.1 Å². The van der Waals surface area contributed by atoms with E-state index in [9.17, 15) is 41.9 Å². The normalized spacial score (nSPS) is 19.4. The number of halogens is 4. The highest BCUT2D eigenvalue weighted by atomic mass is 35.5. The molecular weight excluding hydrogens is 1130 g/mol. The van der Waals surface area contributed by atoms with Gasteiger partial charge in [0.25, 0.3) is 16.7 Å². The molecule has 15 nitrogen and oxygen atoms in total. The first-order chi connectivity index (χ1) is 42.0. The topological polar surface area (TPSA) is 236 Å². The number of aromatic nitrogens is 9. The summed E-state index contributed by atoms with van der Waals surface area (Å²) >= 11 is 6.24. The number of hydrogen-bond acceptors (Lipinski definition) is 9. The van der Waals surface area contributed by atoms with Crippen molar-refractivity contribution >= 4 is 11.6 Å². The monoisotopic (exact) mass is 1200 g/mol. The van der Waals surface area contributed by atoms with Crippen molar-refractivity contribution in [1.29, 1.82) is 0 Å². The maximum Gasteiger partial charge on any atom is 0.433 e. The molecule has 0 saturated heterocycles. The van der Waals surface area contributed by atoms with Crippen LogP contribution in [0.15, 0.2) is 175 Å². The van der Waals surface area contributed by atoms with Gasteiger partial charge in [-0.2, -0.15) is 13.2 Å². The fraction of sp³-hybridized carbons (Fsp3) is 0.338. The summed E-state index contributed by atoms with van der Waals surface area (Å²) in [6.07, 6.45) is 11.0. The predicted octanol–water partition coefficient (Wildman–Crippen LogP) is 12.5. The Kier molecular flexibility index (Phi) is 19.9. The van der Waals surface area contributed by atoms with Gasteiger partial charge in [-0.3, -0.25) is 39.3 Å². The molecule has 0 aliphatic heterocycles. The van der Waals surface area contributed by atoms with Crippen LogP contribution in [-0.2, 0) is 25.4 Å². The van der Waals surface area contributed by atoms with E-state index < -0.39 is 34.5 Å². The minimum Gasteiger partial charge on any atom is -0.311 e. The number of hydrogen-bond donors (Lipinski definition) is 6. The van der Waals surface area contributed by atoms with Crippen LogP contribution in [0.1, 0.15) is 191 Å². The molecule has 12 rings (SSSR count). The van der Waals surface area contributed by atoms with Gasteiger partial charge < -0.3 is 15.0 Å². The molecule has 19 heteroatoms. The molecule has 6 N–H and O–H groups in total. The maximum absolute atomic E-state index is 13.0. The van der Waals surface area contributed by atoms with E-state index in [1.165, 1.54) is 28.8 Å². The molecular formula is C68H69ClF3N9O6. The molecule has 0 radical (unpaired) electrons. The zero-order valence-electron chi connectivity index (χ0n) is 48.2. The molecule has 3 fully saturated rings. The number of aromatic amines is 6. The number of pyridine rings is 3. The van der Waals surface area contributed by atoms with Crippen LogP contribution in [0.25, 0.3) is 0 Å². The SMILES string of the molecule is Cc1cc(Cc2c(C3CCC(c4ccccc4)CC3)[nH]c(=O)[nH]c2=O)ccn1.O=c1[nH]c(C2CCC(c3ccccc3)CC2)c(Cc2cccc(C(F)(F)F)n2)c(=O)[nH]1.O=c1[nH]c(C2CCC(c3ccccc3)CC2)c(Cc2ncccc2Cl)c(=O)[nH]1. The molecule has 6 aromatic heterocycles. The van der Waals surface area contributed by atoms with Crippen molar-refractivity contribution < 1.29 is 13.2 Å². The summed E-state index contributed by atoms with van der Waals surface area (Å²) in [5, 5.41) is 0.520. The average Bonchev–Trinajstić information content (AvgIpc) is 2.92. The van der Waals surface area contributed by atoms with Gasteiger partial charge in [0.15, 0.2) is 0 Å². The summed E-state index contributed by atoms with van der Waals surface area (Å²) < 4.78 is 39.0. The van der Waals surface area contributed by atoms with Gasteiger partial charge in [-0.15, -0.1) is 0 Å². The second kappa shape index (κ2) is 28.2. The van der Waals surface area contributed by atoms with E-state index in [1.807, 2.05) is 49.4 Å². The molecule has 3 aliphatic carbocycles. The fourth-order valence-corrected chi connectivity index (χ4v) is 13.2. The van der Waals surface area contributed by atoms with Crippen LogP contribution in [-0.4, -0.2) is 44.9 Å². The molecule has 9 aromatic rings. The minimum absolute atomic E-state index is 0.0317. The first-order valence-electron chi connectivity index (χ1n) is 29.8. The highest BCUT2D eigenvalue weighted by Gasteiger charge is 2.34. The smallest absolute Gasteiger partial charge is 0.311 e. The van der Waals surface area contributed by atoms with E-state index >= 15 is 0 Å². The van der Waals surface area contributed by atoms with Crippen molar-refractivity contribution in [3.05, 3.63) is 292 Å². The van der Waals surface area contributed by atoms with Crippen LogP contribution < -0.4 is 33.7 Å². The van der Waals surface area contributed by atoms with Crippen molar-refractivity contribution in [2.45, 2.75) is 145 Å². The van der Waals surface area contributed by atoms with Gasteiger partial charge in [0, 0.05) is 76.8 Å². The Bertz CT molecular complexity index is 4140. The van der Waals surface area contributed by atoms with Crippen LogP contribution in [0.4, 0.5) is 13.2 Å². The zero-order valence-corrected chi connectivity index (χ0v) is 49.0. The quantitative estimate of drug-likeness (QED) is 0.0681. The molecule has 0 atom stereocenters. The van der Waals surface area contributed by atoms with E-state index in [4.69, 9.17) is 11.6 Å². The summed E-state index contributed by atoms with van der Waals surface area (Å²) in [6, 6.07) is 42.4. The van der Waals surface area contributed by atoms with Crippen molar-refractivity contribution in [2.24, 2.45) is 0 Å². The third-order valence-electron chi connectivity index (χ3n) is 17.4. The van der Waals surface area contributed by atoms with Crippen LogP contribution in [0.3, 0.4) is 0 Å². The largest absolute Gasteiger partial charge is 0.433 e. The molecule has 0 amide bonds. The second-order valence-electron chi connectivity index (χ2n) is 23.1. The van der Waals surface area contributed by atoms with Crippen LogP contribution >= 0.6 is 11.6 Å². The van der Waals surface area contributed by atoms with Gasteiger partial charge in [-0.25, -0.2) is 19.4 Å². The summed E-state index contributed by atoms with van der Waals surface area (Å²) in [5.41, 5.74) is 6.61. The molecule has 0 spiro atoms. The summed E-state index contributed by atoms with van der Waals surface area (Å²) in [5.74, 6) is 1.84. The number of nitrogens with zero attached hydrogens (tertiary/aromatic N) is 3. The van der Waals surface area contributed by atoms with Crippen molar-refractivity contribution in [2.75, 3.05) is 0 Å². The number of aryl methyl sites for hydroxylation is 1. The lowest BCUT2D eigenvalue weighted by Gasteiger charge is -2.29. The molecule has 3 aromatic carbocycles. The van der Waals surface area contributed by atoms with Crippen LogP contribution in [0.5, 0.6) is 0 Å². The lowest BCUT2D eigenvalue weighted by atomic mass is 9.76. The lowest BCUT2D eigenvalue weighted by Crippen LogP contribution is -2.30. The molecule has 450 valence electrons. The summed E-state index contributed by atoms with van der Waals surface area (Å²) in [6.45, 7) is 1.94. The lowest BCUT2D eigenvalue weighted by molar-refractivity contribution is -0.141. The highest BCUT2D eigenvalue weighted by Crippen LogP contribution is 2.43. The Morgan fingerprint density at radius 3 is 1.24 bits per heavy atom. The Hall–Kier alpha value is -8.77. The van der Waals surface area contributed by atoms with Crippen LogP contribution in [0.2, 0.25) is 5.02 Å². The number of H-pyrrole nitrogens is 6. The van der Waals surface area contributed by atoms with E-state index in [1.54, 1.807) is 24.5 Å². The summed E-state index contributed by atoms with van der Waals surface area (Å²) in [7, 11) is 0. The summed E-state index contributed by atoms with van der Waals surface area (Å²) in [4.78, 5) is 101. The fourth-order valence-electron chi connectivity index (χ4n) is 13.0. The van der Waals surface area contributed by atoms with E-state index in [2.05, 4.69) is 106 Å². The first kappa shape index (κ1) is 61.3. The Labute approximate surface area is 504 Å². The van der Waals surface area contributed by atoms with Gasteiger partial charge >= 0.3 is 23.2 Å². The second-order valence-corrected chi connectivity index (χ2v) is 23.5. The van der Waals surface area contributed by atoms with Gasteiger partial charge in [-0.1, -0.05) is 109 Å². The average molecular weight is 1200 g/mol. The van der Waals surface area contributed by atoms with Crippen LogP contribution in [0, 0.1) is 6.92 Å². The number of rotatable bonds is 12. The van der Waals surface area contributed by atoms with E-state index in [-0.39, 0.29) is 46.6 Å². The minimum atomic E-state index is -4.56. The van der Waals surface area contributed by atoms with Crippen molar-refractivity contribution in [3.8, 4) is 0 Å². The zero-order chi connectivity index (χ0) is 61.0. The Morgan fingerprint density at radius 1 is 0.437 bits per heavy atom. The third kappa shape index (κ3) is 15.8. The number of benzene rings is 3. The number of alkyl halides is 3. The molecule has 3 aliphatic rings. The Balaban J connectivity index is 0.000000145. The molecule has 3 saturated carbocycles. The third-order valence-corrected chi connectivity index (χ3v) is 17.8. The van der Waals surface area contributed by atoms with E-state index in [0.717, 1.165) is 106 Å².